The second-order valence-corrected chi connectivity index (χ2v) is 8.77. The molecule has 0 aromatic heterocycles. The standard InChI is InChI=1S/C26H32N2O3/c1-27(2)16-22-14-18(8-10-24(22)29)12-20-6-5-7-21(26(20)31)13-19-9-11-25(30)23(15-19)17-28(3)4/h8-15,29-30H,5-7,16-17H2,1-4H3. The number of rotatable bonds is 6. The minimum Gasteiger partial charge on any atom is -0.508 e. The van der Waals surface area contributed by atoms with Crippen molar-refractivity contribution in [2.45, 2.75) is 32.4 Å². The lowest BCUT2D eigenvalue weighted by molar-refractivity contribution is -0.112. The molecule has 2 N–H and O–H groups in total. The van der Waals surface area contributed by atoms with Gasteiger partial charge in [-0.2, -0.15) is 0 Å². The maximum absolute atomic E-state index is 13.1. The number of ketones is 1. The molecule has 0 atom stereocenters. The first-order chi connectivity index (χ1) is 14.7. The van der Waals surface area contributed by atoms with Crippen LogP contribution in [0.5, 0.6) is 11.5 Å². The highest BCUT2D eigenvalue weighted by Gasteiger charge is 2.21. The summed E-state index contributed by atoms with van der Waals surface area (Å²) in [5.41, 5.74) is 5.14. The number of aromatic hydroxyl groups is 2. The first kappa shape index (κ1) is 22.8. The molecule has 1 aliphatic carbocycles. The number of hydrogen-bond donors (Lipinski definition) is 2. The van der Waals surface area contributed by atoms with Crippen molar-refractivity contribution in [3.05, 3.63) is 69.8 Å². The maximum Gasteiger partial charge on any atom is 0.185 e. The van der Waals surface area contributed by atoms with E-state index in [9.17, 15) is 15.0 Å². The maximum atomic E-state index is 13.1. The quantitative estimate of drug-likeness (QED) is 0.677. The second kappa shape index (κ2) is 9.94. The Kier molecular flexibility index (Phi) is 7.31. The van der Waals surface area contributed by atoms with Crippen molar-refractivity contribution in [3.8, 4) is 11.5 Å². The van der Waals surface area contributed by atoms with Gasteiger partial charge in [0.25, 0.3) is 0 Å². The molecular formula is C26H32N2O3. The Morgan fingerprint density at radius 3 is 1.58 bits per heavy atom. The van der Waals surface area contributed by atoms with Gasteiger partial charge in [0.1, 0.15) is 11.5 Å². The van der Waals surface area contributed by atoms with Gasteiger partial charge in [-0.05, 0) is 95.0 Å². The van der Waals surface area contributed by atoms with Crippen molar-refractivity contribution >= 4 is 17.9 Å². The highest BCUT2D eigenvalue weighted by atomic mass is 16.3. The van der Waals surface area contributed by atoms with Crippen LogP contribution in [0.1, 0.15) is 41.5 Å². The number of nitrogens with zero attached hydrogens (tertiary/aromatic N) is 2. The Bertz CT molecular complexity index is 940. The first-order valence-corrected chi connectivity index (χ1v) is 10.6. The molecule has 3 rings (SSSR count). The number of Topliss-reactive ketones (excluding diaryl/α,β-unsaturated/α-hetero) is 1. The smallest absolute Gasteiger partial charge is 0.185 e. The zero-order valence-corrected chi connectivity index (χ0v) is 18.9. The molecule has 1 saturated carbocycles. The molecule has 2 aromatic rings. The van der Waals surface area contributed by atoms with E-state index < -0.39 is 0 Å². The largest absolute Gasteiger partial charge is 0.508 e. The highest BCUT2D eigenvalue weighted by molar-refractivity contribution is 6.14. The molecule has 5 nitrogen and oxygen atoms in total. The lowest BCUT2D eigenvalue weighted by Gasteiger charge is -2.18. The highest BCUT2D eigenvalue weighted by Crippen LogP contribution is 2.30. The number of carbonyl (C=O) groups is 1. The topological polar surface area (TPSA) is 64.0 Å². The van der Waals surface area contributed by atoms with Crippen molar-refractivity contribution < 1.29 is 15.0 Å². The van der Waals surface area contributed by atoms with E-state index in [-0.39, 0.29) is 17.3 Å². The van der Waals surface area contributed by atoms with Crippen LogP contribution in [0.25, 0.3) is 12.2 Å². The van der Waals surface area contributed by atoms with Gasteiger partial charge in [0.2, 0.25) is 0 Å². The predicted molar refractivity (Wildman–Crippen MR) is 126 cm³/mol. The minimum absolute atomic E-state index is 0.0794. The summed E-state index contributed by atoms with van der Waals surface area (Å²) in [5.74, 6) is 0.621. The van der Waals surface area contributed by atoms with Crippen molar-refractivity contribution in [3.63, 3.8) is 0 Å². The molecule has 1 aliphatic rings. The number of carbonyl (C=O) groups excluding carboxylic acids is 1. The Labute approximate surface area is 184 Å². The summed E-state index contributed by atoms with van der Waals surface area (Å²) < 4.78 is 0. The number of hydrogen-bond acceptors (Lipinski definition) is 5. The van der Waals surface area contributed by atoms with Crippen molar-refractivity contribution in [2.75, 3.05) is 28.2 Å². The van der Waals surface area contributed by atoms with Crippen LogP contribution in [0, 0.1) is 0 Å². The van der Waals surface area contributed by atoms with Crippen molar-refractivity contribution in [1.82, 2.24) is 9.80 Å². The summed E-state index contributed by atoms with van der Waals surface area (Å²) in [6, 6.07) is 11.0. The fourth-order valence-corrected chi connectivity index (χ4v) is 3.91. The van der Waals surface area contributed by atoms with Gasteiger partial charge in [0.05, 0.1) is 0 Å². The molecular weight excluding hydrogens is 388 g/mol. The predicted octanol–water partition coefficient (Wildman–Crippen LogP) is 4.44. The Hall–Kier alpha value is -2.89. The third-order valence-electron chi connectivity index (χ3n) is 5.34. The molecule has 0 radical (unpaired) electrons. The summed E-state index contributed by atoms with van der Waals surface area (Å²) in [7, 11) is 7.83. The van der Waals surface area contributed by atoms with Gasteiger partial charge in [-0.15, -0.1) is 0 Å². The molecule has 164 valence electrons. The van der Waals surface area contributed by atoms with Gasteiger partial charge in [-0.25, -0.2) is 0 Å². The summed E-state index contributed by atoms with van der Waals surface area (Å²) >= 11 is 0. The number of allylic oxidation sites excluding steroid dienone is 2. The molecule has 0 saturated heterocycles. The van der Waals surface area contributed by atoms with Crippen LogP contribution < -0.4 is 0 Å². The van der Waals surface area contributed by atoms with Crippen molar-refractivity contribution in [1.29, 1.82) is 0 Å². The zero-order valence-electron chi connectivity index (χ0n) is 18.9. The van der Waals surface area contributed by atoms with E-state index in [1.165, 1.54) is 0 Å². The van der Waals surface area contributed by atoms with Crippen LogP contribution in [-0.2, 0) is 17.9 Å². The summed E-state index contributed by atoms with van der Waals surface area (Å²) in [6.07, 6.45) is 6.32. The number of phenols is 2. The minimum atomic E-state index is 0.0794. The SMILES string of the molecule is CN(C)Cc1cc(C=C2CCCC(=Cc3ccc(O)c(CN(C)C)c3)C2=O)ccc1O. The fraction of sp³-hybridized carbons (Fsp3) is 0.346. The fourth-order valence-electron chi connectivity index (χ4n) is 3.91. The monoisotopic (exact) mass is 420 g/mol. The van der Waals surface area contributed by atoms with Crippen LogP contribution in [0.2, 0.25) is 0 Å². The average Bonchev–Trinajstić information content (AvgIpc) is 2.69. The van der Waals surface area contributed by atoms with Crippen LogP contribution in [-0.4, -0.2) is 54.0 Å². The van der Waals surface area contributed by atoms with E-state index in [2.05, 4.69) is 0 Å². The zero-order chi connectivity index (χ0) is 22.5. The molecule has 0 bridgehead atoms. The first-order valence-electron chi connectivity index (χ1n) is 10.6. The average molecular weight is 421 g/mol. The van der Waals surface area contributed by atoms with Gasteiger partial charge < -0.3 is 20.0 Å². The third kappa shape index (κ3) is 6.06. The third-order valence-corrected chi connectivity index (χ3v) is 5.34. The molecule has 1 fully saturated rings. The Morgan fingerprint density at radius 1 is 0.774 bits per heavy atom. The molecule has 0 amide bonds. The van der Waals surface area contributed by atoms with Gasteiger partial charge in [0.15, 0.2) is 5.78 Å². The van der Waals surface area contributed by atoms with E-state index in [1.807, 2.05) is 74.4 Å². The molecule has 0 aliphatic heterocycles. The van der Waals surface area contributed by atoms with Gasteiger partial charge in [0, 0.05) is 35.4 Å². The summed E-state index contributed by atoms with van der Waals surface area (Å²) in [5, 5.41) is 20.2. The van der Waals surface area contributed by atoms with Crippen LogP contribution >= 0.6 is 0 Å². The van der Waals surface area contributed by atoms with Gasteiger partial charge in [-0.3, -0.25) is 4.79 Å². The second-order valence-electron chi connectivity index (χ2n) is 8.77. The number of phenolic OH excluding ortho intramolecular Hbond substituents is 2. The molecule has 0 spiro atoms. The molecule has 5 heteroatoms. The van der Waals surface area contributed by atoms with E-state index in [0.717, 1.165) is 52.7 Å². The lowest BCUT2D eigenvalue weighted by atomic mass is 9.86. The van der Waals surface area contributed by atoms with E-state index in [1.54, 1.807) is 12.1 Å². The molecule has 0 heterocycles. The van der Waals surface area contributed by atoms with Gasteiger partial charge in [-0.1, -0.05) is 12.1 Å². The number of benzene rings is 2. The van der Waals surface area contributed by atoms with Crippen LogP contribution in [0.4, 0.5) is 0 Å². The van der Waals surface area contributed by atoms with E-state index in [4.69, 9.17) is 0 Å². The van der Waals surface area contributed by atoms with Crippen LogP contribution in [0.3, 0.4) is 0 Å². The van der Waals surface area contributed by atoms with Crippen molar-refractivity contribution in [2.24, 2.45) is 0 Å². The van der Waals surface area contributed by atoms with E-state index in [0.29, 0.717) is 13.1 Å². The van der Waals surface area contributed by atoms with E-state index >= 15 is 0 Å². The Morgan fingerprint density at radius 2 is 1.19 bits per heavy atom. The summed E-state index contributed by atoms with van der Waals surface area (Å²) in [6.45, 7) is 1.27. The molecule has 31 heavy (non-hydrogen) atoms. The van der Waals surface area contributed by atoms with Gasteiger partial charge >= 0.3 is 0 Å². The molecule has 2 aromatic carbocycles. The lowest BCUT2D eigenvalue weighted by Crippen LogP contribution is -2.13. The Balaban J connectivity index is 1.86. The summed E-state index contributed by atoms with van der Waals surface area (Å²) in [4.78, 5) is 17.1. The molecule has 0 unspecified atom stereocenters. The van der Waals surface area contributed by atoms with Crippen LogP contribution in [0.15, 0.2) is 47.5 Å². The normalized spacial score (nSPS) is 17.3.